The predicted molar refractivity (Wildman–Crippen MR) is 79.0 cm³/mol. The summed E-state index contributed by atoms with van der Waals surface area (Å²) in [5.74, 6) is -0.848. The van der Waals surface area contributed by atoms with E-state index in [1.165, 1.54) is 18.2 Å². The van der Waals surface area contributed by atoms with Crippen molar-refractivity contribution in [3.05, 3.63) is 62.9 Å². The number of hydrogen-bond donors (Lipinski definition) is 1. The van der Waals surface area contributed by atoms with Gasteiger partial charge in [0.05, 0.1) is 32.4 Å². The number of nitrogens with zero attached hydrogens (tertiary/aromatic N) is 1. The number of hydrogen-bond acceptors (Lipinski definition) is 4. The molecule has 2 rings (SSSR count). The molecule has 1 unspecified atom stereocenters. The lowest BCUT2D eigenvalue weighted by Crippen LogP contribution is -2.02. The van der Waals surface area contributed by atoms with E-state index in [0.29, 0.717) is 15.6 Å². The number of nitro groups is 1. The number of non-ortho nitro benzene ring substituents is 1. The highest BCUT2D eigenvalue weighted by Crippen LogP contribution is 2.24. The van der Waals surface area contributed by atoms with Gasteiger partial charge in [-0.1, -0.05) is 11.6 Å². The van der Waals surface area contributed by atoms with Gasteiger partial charge >= 0.3 is 0 Å². The molecule has 2 aromatic rings. The first-order valence-corrected chi connectivity index (χ1v) is 7.44. The Morgan fingerprint density at radius 3 is 2.67 bits per heavy atom. The van der Waals surface area contributed by atoms with E-state index in [2.05, 4.69) is 0 Å². The monoisotopic (exact) mass is 328 g/mol. The fourth-order valence-electron chi connectivity index (χ4n) is 1.76. The number of nitrogen functional groups attached to an aromatic ring is 1. The summed E-state index contributed by atoms with van der Waals surface area (Å²) in [5, 5.41) is 11.1. The smallest absolute Gasteiger partial charge is 0.272 e. The second-order valence-corrected chi connectivity index (χ2v) is 6.10. The molecule has 0 amide bonds. The molecule has 5 nitrogen and oxygen atoms in total. The highest BCUT2D eigenvalue weighted by Gasteiger charge is 2.14. The van der Waals surface area contributed by atoms with E-state index in [4.69, 9.17) is 17.3 Å². The van der Waals surface area contributed by atoms with Crippen molar-refractivity contribution in [2.75, 3.05) is 5.73 Å². The first-order valence-electron chi connectivity index (χ1n) is 5.74. The van der Waals surface area contributed by atoms with E-state index < -0.39 is 21.5 Å². The van der Waals surface area contributed by atoms with Crippen LogP contribution in [0.15, 0.2) is 41.3 Å². The average Bonchev–Trinajstić information content (AvgIpc) is 2.40. The average molecular weight is 329 g/mol. The van der Waals surface area contributed by atoms with Gasteiger partial charge in [-0.25, -0.2) is 4.39 Å². The Kier molecular flexibility index (Phi) is 4.54. The zero-order chi connectivity index (χ0) is 15.6. The van der Waals surface area contributed by atoms with Gasteiger partial charge in [-0.2, -0.15) is 0 Å². The van der Waals surface area contributed by atoms with Gasteiger partial charge in [-0.3, -0.25) is 14.3 Å². The quantitative estimate of drug-likeness (QED) is 0.530. The number of halogens is 2. The van der Waals surface area contributed by atoms with E-state index in [-0.39, 0.29) is 17.0 Å². The van der Waals surface area contributed by atoms with Gasteiger partial charge in [0.2, 0.25) is 0 Å². The zero-order valence-electron chi connectivity index (χ0n) is 10.6. The van der Waals surface area contributed by atoms with Crippen LogP contribution >= 0.6 is 11.6 Å². The molecule has 21 heavy (non-hydrogen) atoms. The Balaban J connectivity index is 2.31. The highest BCUT2D eigenvalue weighted by molar-refractivity contribution is 7.84. The Morgan fingerprint density at radius 1 is 1.29 bits per heavy atom. The number of rotatable bonds is 4. The first kappa shape index (κ1) is 15.4. The Morgan fingerprint density at radius 2 is 2.00 bits per heavy atom. The summed E-state index contributed by atoms with van der Waals surface area (Å²) < 4.78 is 25.6. The minimum Gasteiger partial charge on any atom is -0.398 e. The third kappa shape index (κ3) is 3.77. The maximum Gasteiger partial charge on any atom is 0.272 e. The molecule has 0 aromatic heterocycles. The van der Waals surface area contributed by atoms with Crippen LogP contribution in [0.1, 0.15) is 5.56 Å². The molecule has 2 N–H and O–H groups in total. The van der Waals surface area contributed by atoms with Crippen LogP contribution in [-0.4, -0.2) is 9.13 Å². The molecule has 0 spiro atoms. The number of nitrogens with two attached hydrogens (primary N) is 1. The van der Waals surface area contributed by atoms with Crippen molar-refractivity contribution >= 4 is 33.8 Å². The maximum absolute atomic E-state index is 13.3. The Bertz CT molecular complexity index is 739. The summed E-state index contributed by atoms with van der Waals surface area (Å²) in [6, 6.07) is 7.63. The molecular weight excluding hydrogens is 319 g/mol. The van der Waals surface area contributed by atoms with Crippen molar-refractivity contribution in [1.82, 2.24) is 0 Å². The standard InChI is InChI=1S/C13H10ClFN2O3S/c14-9-1-2-12(16)13(5-9)21(20)7-8-3-10(15)6-11(4-8)17(18)19/h1-6H,7,16H2. The Hall–Kier alpha value is -1.99. The summed E-state index contributed by atoms with van der Waals surface area (Å²) in [7, 11) is -1.58. The van der Waals surface area contributed by atoms with Crippen LogP contribution in [0.3, 0.4) is 0 Å². The number of anilines is 1. The zero-order valence-corrected chi connectivity index (χ0v) is 12.2. The summed E-state index contributed by atoms with van der Waals surface area (Å²) >= 11 is 5.82. The molecular formula is C13H10ClFN2O3S. The summed E-state index contributed by atoms with van der Waals surface area (Å²) in [4.78, 5) is 10.3. The summed E-state index contributed by atoms with van der Waals surface area (Å²) in [5.41, 5.74) is 5.87. The molecule has 0 saturated carbocycles. The second-order valence-electron chi connectivity index (χ2n) is 4.25. The van der Waals surface area contributed by atoms with Crippen molar-refractivity contribution in [2.45, 2.75) is 10.6 Å². The molecule has 110 valence electrons. The lowest BCUT2D eigenvalue weighted by Gasteiger charge is -2.07. The molecule has 0 bridgehead atoms. The largest absolute Gasteiger partial charge is 0.398 e. The van der Waals surface area contributed by atoms with Gasteiger partial charge in [-0.05, 0) is 29.8 Å². The first-order chi connectivity index (χ1) is 9.86. The van der Waals surface area contributed by atoms with Gasteiger partial charge in [-0.15, -0.1) is 0 Å². The lowest BCUT2D eigenvalue weighted by atomic mass is 10.2. The molecule has 0 aliphatic heterocycles. The van der Waals surface area contributed by atoms with Crippen molar-refractivity contribution in [3.63, 3.8) is 0 Å². The second kappa shape index (κ2) is 6.19. The normalized spacial score (nSPS) is 12.1. The molecule has 0 heterocycles. The minimum atomic E-state index is -1.58. The van der Waals surface area contributed by atoms with Crippen LogP contribution in [0.4, 0.5) is 15.8 Å². The van der Waals surface area contributed by atoms with Crippen LogP contribution in [0.5, 0.6) is 0 Å². The lowest BCUT2D eigenvalue weighted by molar-refractivity contribution is -0.385. The molecule has 0 fully saturated rings. The number of benzene rings is 2. The molecule has 0 saturated heterocycles. The molecule has 2 aromatic carbocycles. The minimum absolute atomic E-state index is 0.0941. The maximum atomic E-state index is 13.3. The van der Waals surface area contributed by atoms with Crippen molar-refractivity contribution in [1.29, 1.82) is 0 Å². The van der Waals surface area contributed by atoms with Gasteiger partial charge in [0, 0.05) is 16.8 Å². The summed E-state index contributed by atoms with van der Waals surface area (Å²) in [6.07, 6.45) is 0. The van der Waals surface area contributed by atoms with E-state index in [1.54, 1.807) is 6.07 Å². The van der Waals surface area contributed by atoms with Crippen LogP contribution < -0.4 is 5.73 Å². The van der Waals surface area contributed by atoms with E-state index in [9.17, 15) is 18.7 Å². The Labute approximate surface area is 127 Å². The fourth-order valence-corrected chi connectivity index (χ4v) is 3.21. The molecule has 8 heteroatoms. The van der Waals surface area contributed by atoms with E-state index in [1.807, 2.05) is 0 Å². The van der Waals surface area contributed by atoms with Crippen LogP contribution in [0, 0.1) is 15.9 Å². The van der Waals surface area contributed by atoms with Gasteiger partial charge in [0.25, 0.3) is 5.69 Å². The fraction of sp³-hybridized carbons (Fsp3) is 0.0769. The van der Waals surface area contributed by atoms with Crippen molar-refractivity contribution < 1.29 is 13.5 Å². The van der Waals surface area contributed by atoms with Crippen LogP contribution in [0.2, 0.25) is 5.02 Å². The predicted octanol–water partition coefficient (Wildman–Crippen LogP) is 3.28. The molecule has 0 aliphatic carbocycles. The third-order valence-corrected chi connectivity index (χ3v) is 4.35. The van der Waals surface area contributed by atoms with Crippen molar-refractivity contribution in [2.24, 2.45) is 0 Å². The molecule has 0 radical (unpaired) electrons. The van der Waals surface area contributed by atoms with E-state index in [0.717, 1.165) is 12.1 Å². The SMILES string of the molecule is Nc1ccc(Cl)cc1S(=O)Cc1cc(F)cc([N+](=O)[O-])c1. The topological polar surface area (TPSA) is 86.2 Å². The van der Waals surface area contributed by atoms with E-state index >= 15 is 0 Å². The molecule has 1 atom stereocenters. The van der Waals surface area contributed by atoms with Gasteiger partial charge in [0.1, 0.15) is 5.82 Å². The molecule has 0 aliphatic rings. The van der Waals surface area contributed by atoms with Gasteiger partial charge < -0.3 is 5.73 Å². The third-order valence-electron chi connectivity index (χ3n) is 2.67. The van der Waals surface area contributed by atoms with Crippen molar-refractivity contribution in [3.8, 4) is 0 Å². The van der Waals surface area contributed by atoms with Gasteiger partial charge in [0.15, 0.2) is 0 Å². The van der Waals surface area contributed by atoms with Crippen LogP contribution in [-0.2, 0) is 16.6 Å². The summed E-state index contributed by atoms with van der Waals surface area (Å²) in [6.45, 7) is 0. The number of nitro benzene ring substituents is 1. The highest BCUT2D eigenvalue weighted by atomic mass is 35.5. The van der Waals surface area contributed by atoms with Crippen LogP contribution in [0.25, 0.3) is 0 Å².